The fourth-order valence-electron chi connectivity index (χ4n) is 10.3. The summed E-state index contributed by atoms with van der Waals surface area (Å²) in [6.45, 7) is -0.00268. The molecule has 0 radical (unpaired) electrons. The van der Waals surface area contributed by atoms with E-state index in [1.54, 1.807) is 0 Å². The largest absolute Gasteiger partial charge is 0.311 e. The highest BCUT2D eigenvalue weighted by Crippen LogP contribution is 2.47. The van der Waals surface area contributed by atoms with E-state index in [0.717, 1.165) is 11.4 Å². The van der Waals surface area contributed by atoms with E-state index in [2.05, 4.69) is 220 Å². The lowest BCUT2D eigenvalue weighted by Crippen LogP contribution is -2.60. The summed E-state index contributed by atoms with van der Waals surface area (Å²) in [5.74, 6) is 0. The van der Waals surface area contributed by atoms with Crippen LogP contribution < -0.4 is 21.3 Å². The van der Waals surface area contributed by atoms with Crippen molar-refractivity contribution < 1.29 is 0 Å². The topological polar surface area (TPSA) is 13.1 Å². The molecule has 2 aliphatic heterocycles. The second kappa shape index (κ2) is 12.0. The molecule has 0 saturated carbocycles. The van der Waals surface area contributed by atoms with Crippen molar-refractivity contribution in [3.8, 4) is 33.6 Å². The van der Waals surface area contributed by atoms with Crippen LogP contribution in [0.15, 0.2) is 206 Å². The van der Waals surface area contributed by atoms with Gasteiger partial charge in [-0.1, -0.05) is 152 Å². The van der Waals surface area contributed by atoms with E-state index < -0.39 is 0 Å². The Labute approximate surface area is 336 Å². The zero-order valence-electron chi connectivity index (χ0n) is 31.5. The Morgan fingerprint density at radius 2 is 0.931 bits per heavy atom. The number of para-hydroxylation sites is 5. The minimum atomic E-state index is -0.00268. The molecular formula is C54H34BN3. The van der Waals surface area contributed by atoms with Gasteiger partial charge in [-0.05, 0) is 87.7 Å². The van der Waals surface area contributed by atoms with Crippen molar-refractivity contribution in [1.29, 1.82) is 0 Å². The molecule has 0 amide bonds. The van der Waals surface area contributed by atoms with Crippen LogP contribution in [-0.4, -0.2) is 15.8 Å². The minimum Gasteiger partial charge on any atom is -0.311 e. The fraction of sp³-hybridized carbons (Fsp3) is 0. The van der Waals surface area contributed by atoms with Crippen LogP contribution in [0, 0.1) is 0 Å². The van der Waals surface area contributed by atoms with Gasteiger partial charge in [0.15, 0.2) is 0 Å². The van der Waals surface area contributed by atoms with E-state index in [9.17, 15) is 0 Å². The summed E-state index contributed by atoms with van der Waals surface area (Å²) in [4.78, 5) is 2.59. The van der Waals surface area contributed by atoms with Crippen LogP contribution in [0.3, 0.4) is 0 Å². The first kappa shape index (κ1) is 31.6. The van der Waals surface area contributed by atoms with Crippen molar-refractivity contribution >= 4 is 83.8 Å². The molecule has 0 saturated heterocycles. The molecule has 4 heterocycles. The number of aromatic nitrogens is 2. The summed E-state index contributed by atoms with van der Waals surface area (Å²) in [6, 6.07) is 76.3. The molecule has 13 rings (SSSR count). The average Bonchev–Trinajstić information content (AvgIpc) is 3.81. The molecule has 0 fully saturated rings. The van der Waals surface area contributed by atoms with E-state index in [0.29, 0.717) is 0 Å². The Bertz CT molecular complexity index is 3450. The van der Waals surface area contributed by atoms with Gasteiger partial charge in [-0.15, -0.1) is 0 Å². The summed E-state index contributed by atoms with van der Waals surface area (Å²) in [6.07, 6.45) is 0. The van der Waals surface area contributed by atoms with Crippen molar-refractivity contribution in [2.24, 2.45) is 0 Å². The zero-order chi connectivity index (χ0) is 37.9. The molecule has 11 aromatic rings. The van der Waals surface area contributed by atoms with Crippen LogP contribution >= 0.6 is 0 Å². The summed E-state index contributed by atoms with van der Waals surface area (Å²) in [5.41, 5.74) is 19.7. The van der Waals surface area contributed by atoms with Crippen LogP contribution in [0.2, 0.25) is 0 Å². The van der Waals surface area contributed by atoms with Gasteiger partial charge >= 0.3 is 0 Å². The van der Waals surface area contributed by atoms with Crippen molar-refractivity contribution in [1.82, 2.24) is 9.13 Å². The van der Waals surface area contributed by atoms with Crippen LogP contribution in [0.4, 0.5) is 17.1 Å². The van der Waals surface area contributed by atoms with Gasteiger partial charge in [0.1, 0.15) is 0 Å². The molecule has 0 spiro atoms. The molecule has 268 valence electrons. The van der Waals surface area contributed by atoms with Crippen molar-refractivity contribution in [2.45, 2.75) is 0 Å². The molecule has 0 atom stereocenters. The number of rotatable bonds is 4. The number of anilines is 3. The molecule has 9 aromatic carbocycles. The number of benzene rings is 9. The molecular weight excluding hydrogens is 701 g/mol. The second-order valence-corrected chi connectivity index (χ2v) is 15.7. The van der Waals surface area contributed by atoms with Gasteiger partial charge in [-0.25, -0.2) is 0 Å². The molecule has 58 heavy (non-hydrogen) atoms. The van der Waals surface area contributed by atoms with Crippen LogP contribution in [0.5, 0.6) is 0 Å². The quantitative estimate of drug-likeness (QED) is 0.164. The minimum absolute atomic E-state index is 0.00268. The Kier molecular flexibility index (Phi) is 6.53. The Balaban J connectivity index is 1.23. The lowest BCUT2D eigenvalue weighted by molar-refractivity contribution is 1.17. The molecule has 0 unspecified atom stereocenters. The molecule has 3 nitrogen and oxygen atoms in total. The zero-order valence-corrected chi connectivity index (χ0v) is 31.5. The third-order valence-corrected chi connectivity index (χ3v) is 12.7. The maximum atomic E-state index is 2.59. The third-order valence-electron chi connectivity index (χ3n) is 12.7. The van der Waals surface area contributed by atoms with Gasteiger partial charge in [-0.3, -0.25) is 0 Å². The maximum Gasteiger partial charge on any atom is 0.252 e. The van der Waals surface area contributed by atoms with Gasteiger partial charge in [-0.2, -0.15) is 0 Å². The lowest BCUT2D eigenvalue weighted by Gasteiger charge is -2.41. The fourth-order valence-corrected chi connectivity index (χ4v) is 10.3. The Morgan fingerprint density at radius 1 is 0.328 bits per heavy atom. The van der Waals surface area contributed by atoms with Crippen LogP contribution in [-0.2, 0) is 0 Å². The summed E-state index contributed by atoms with van der Waals surface area (Å²) in [5, 5.41) is 5.06. The number of hydrogen-bond acceptors (Lipinski definition) is 1. The first-order valence-electron chi connectivity index (χ1n) is 20.1. The standard InChI is InChI=1S/C54H34BN3/c1-4-17-35(18-5-1)37-31-51-53-52(32-37)58-48-30-15-11-24-40(48)42-26-16-27-44(54(42)58)55(53)45-34-49-43(41-25-12-14-29-47(41)56(49)38-21-8-3-9-22-38)33-50(45)57(51)46-28-13-10-23-39(46)36-19-6-2-7-20-36/h1-34H. The predicted molar refractivity (Wildman–Crippen MR) is 245 cm³/mol. The van der Waals surface area contributed by atoms with Crippen LogP contribution in [0.25, 0.3) is 77.2 Å². The molecule has 2 aliphatic rings. The third kappa shape index (κ3) is 4.29. The number of nitrogens with zero attached hydrogens (tertiary/aromatic N) is 3. The van der Waals surface area contributed by atoms with E-state index in [1.165, 1.54) is 99.3 Å². The Hall–Kier alpha value is -7.56. The average molecular weight is 736 g/mol. The Morgan fingerprint density at radius 3 is 1.71 bits per heavy atom. The van der Waals surface area contributed by atoms with E-state index in [4.69, 9.17) is 0 Å². The molecule has 0 N–H and O–H groups in total. The number of hydrogen-bond donors (Lipinski definition) is 0. The maximum absolute atomic E-state index is 2.59. The van der Waals surface area contributed by atoms with Gasteiger partial charge in [0.25, 0.3) is 6.71 Å². The van der Waals surface area contributed by atoms with Gasteiger partial charge in [0.05, 0.1) is 22.2 Å². The summed E-state index contributed by atoms with van der Waals surface area (Å²) >= 11 is 0. The summed E-state index contributed by atoms with van der Waals surface area (Å²) < 4.78 is 5.02. The number of fused-ring (bicyclic) bond motifs is 10. The monoisotopic (exact) mass is 735 g/mol. The van der Waals surface area contributed by atoms with Gasteiger partial charge in [0, 0.05) is 55.4 Å². The smallest absolute Gasteiger partial charge is 0.252 e. The van der Waals surface area contributed by atoms with E-state index in [-0.39, 0.29) is 6.71 Å². The summed E-state index contributed by atoms with van der Waals surface area (Å²) in [7, 11) is 0. The van der Waals surface area contributed by atoms with Gasteiger partial charge < -0.3 is 14.0 Å². The molecule has 0 bridgehead atoms. The predicted octanol–water partition coefficient (Wildman–Crippen LogP) is 11.8. The first-order valence-corrected chi connectivity index (χ1v) is 20.1. The molecule has 0 aliphatic carbocycles. The highest BCUT2D eigenvalue weighted by atomic mass is 15.2. The van der Waals surface area contributed by atoms with Crippen molar-refractivity contribution in [3.05, 3.63) is 206 Å². The van der Waals surface area contributed by atoms with Crippen molar-refractivity contribution in [2.75, 3.05) is 4.90 Å². The normalized spacial score (nSPS) is 12.8. The lowest BCUT2D eigenvalue weighted by atomic mass is 9.33. The van der Waals surface area contributed by atoms with Crippen molar-refractivity contribution in [3.63, 3.8) is 0 Å². The molecule has 4 heteroatoms. The van der Waals surface area contributed by atoms with Gasteiger partial charge in [0.2, 0.25) is 0 Å². The molecule has 2 aromatic heterocycles. The highest BCUT2D eigenvalue weighted by Gasteiger charge is 2.43. The second-order valence-electron chi connectivity index (χ2n) is 15.7. The highest BCUT2D eigenvalue weighted by molar-refractivity contribution is 7.00. The van der Waals surface area contributed by atoms with Crippen LogP contribution in [0.1, 0.15) is 0 Å². The SMILES string of the molecule is c1ccc(-c2cc3c4c(c2)-n2c5ccccc5c5cccc(c52)B4c2cc4c(cc2N3c2ccccc2-c2ccccc2)c2ccccc2n4-c2ccccc2)cc1. The van der Waals surface area contributed by atoms with E-state index >= 15 is 0 Å². The van der Waals surface area contributed by atoms with E-state index in [1.807, 2.05) is 0 Å². The first-order chi connectivity index (χ1) is 28.8.